The molecule has 0 heterocycles. The van der Waals surface area contributed by atoms with Gasteiger partial charge in [0.05, 0.1) is 0 Å². The second kappa shape index (κ2) is 56.2. The lowest BCUT2D eigenvalue weighted by Crippen LogP contribution is -2.30. The summed E-state index contributed by atoms with van der Waals surface area (Å²) in [5.74, 6) is -0.907. The lowest BCUT2D eigenvalue weighted by molar-refractivity contribution is -0.167. The van der Waals surface area contributed by atoms with Crippen molar-refractivity contribution in [1.29, 1.82) is 0 Å². The average Bonchev–Trinajstić information content (AvgIpc) is 3.34. The Morgan fingerprint density at radius 3 is 0.971 bits per heavy atom. The van der Waals surface area contributed by atoms with Gasteiger partial charge in [-0.15, -0.1) is 0 Å². The van der Waals surface area contributed by atoms with E-state index in [1.54, 1.807) is 0 Å². The minimum Gasteiger partial charge on any atom is -0.462 e. The Morgan fingerprint density at radius 1 is 0.309 bits per heavy atom. The van der Waals surface area contributed by atoms with Crippen LogP contribution in [0.25, 0.3) is 0 Å². The summed E-state index contributed by atoms with van der Waals surface area (Å²) >= 11 is 0. The summed E-state index contributed by atoms with van der Waals surface area (Å²) in [4.78, 5) is 38.1. The predicted octanol–water partition coefficient (Wildman–Crippen LogP) is 19.2. The largest absolute Gasteiger partial charge is 0.462 e. The normalized spacial score (nSPS) is 12.7. The van der Waals surface area contributed by atoms with Crippen molar-refractivity contribution in [2.75, 3.05) is 13.2 Å². The van der Waals surface area contributed by atoms with Gasteiger partial charge in [-0.3, -0.25) is 14.4 Å². The maximum absolute atomic E-state index is 12.8. The van der Waals surface area contributed by atoms with Crippen LogP contribution >= 0.6 is 0 Å². The first-order valence-electron chi connectivity index (χ1n) is 28.6. The van der Waals surface area contributed by atoms with E-state index in [2.05, 4.69) is 106 Å². The topological polar surface area (TPSA) is 78.9 Å². The highest BCUT2D eigenvalue weighted by Crippen LogP contribution is 2.15. The molecule has 1 unspecified atom stereocenters. The Labute approximate surface area is 420 Å². The Balaban J connectivity index is 4.32. The number of unbranched alkanes of at least 4 members (excludes halogenated alkanes) is 26. The molecular weight excluding hydrogens is 841 g/mol. The SMILES string of the molecule is CC/C=C\C/C=C\C/C=C\C/C=C\C/C=C\CCCCCCCCCC(=O)OCC(COC(=O)CCCCCCC/C=C\CCC)OC(=O)CCCCCCCCC/C=C\CCCCCCCC. The Morgan fingerprint density at radius 2 is 0.603 bits per heavy atom. The molecule has 0 aromatic heterocycles. The summed E-state index contributed by atoms with van der Waals surface area (Å²) in [6, 6.07) is 0. The number of ether oxygens (including phenoxy) is 3. The molecule has 0 aliphatic carbocycles. The van der Waals surface area contributed by atoms with E-state index < -0.39 is 6.10 Å². The third-order valence-corrected chi connectivity index (χ3v) is 12.1. The summed E-state index contributed by atoms with van der Waals surface area (Å²) in [5, 5.41) is 0. The van der Waals surface area contributed by atoms with E-state index in [1.165, 1.54) is 122 Å². The Hall–Kier alpha value is -3.41. The smallest absolute Gasteiger partial charge is 0.306 e. The number of esters is 3. The predicted molar refractivity (Wildman–Crippen MR) is 293 cm³/mol. The van der Waals surface area contributed by atoms with Gasteiger partial charge in [0.25, 0.3) is 0 Å². The van der Waals surface area contributed by atoms with Gasteiger partial charge >= 0.3 is 17.9 Å². The molecule has 0 fully saturated rings. The second-order valence-corrected chi connectivity index (χ2v) is 18.8. The van der Waals surface area contributed by atoms with Gasteiger partial charge < -0.3 is 14.2 Å². The molecule has 6 heteroatoms. The van der Waals surface area contributed by atoms with E-state index in [-0.39, 0.29) is 31.1 Å². The lowest BCUT2D eigenvalue weighted by atomic mass is 10.1. The molecule has 0 bridgehead atoms. The minimum atomic E-state index is -0.786. The summed E-state index contributed by atoms with van der Waals surface area (Å²) in [5.41, 5.74) is 0. The van der Waals surface area contributed by atoms with Crippen LogP contribution in [-0.2, 0) is 28.6 Å². The summed E-state index contributed by atoms with van der Waals surface area (Å²) in [6.07, 6.45) is 72.9. The minimum absolute atomic E-state index is 0.0860. The number of carbonyl (C=O) groups excluding carboxylic acids is 3. The highest BCUT2D eigenvalue weighted by Gasteiger charge is 2.19. The highest BCUT2D eigenvalue weighted by molar-refractivity contribution is 5.71. The molecule has 1 atom stereocenters. The zero-order valence-corrected chi connectivity index (χ0v) is 44.6. The fourth-order valence-corrected chi connectivity index (χ4v) is 7.82. The fourth-order valence-electron chi connectivity index (χ4n) is 7.82. The van der Waals surface area contributed by atoms with Crippen LogP contribution in [-0.4, -0.2) is 37.2 Å². The molecule has 0 aliphatic heterocycles. The van der Waals surface area contributed by atoms with Crippen LogP contribution in [0.1, 0.15) is 271 Å². The molecule has 0 N–H and O–H groups in total. The molecule has 0 saturated carbocycles. The van der Waals surface area contributed by atoms with Crippen molar-refractivity contribution in [3.05, 3.63) is 85.1 Å². The first-order valence-corrected chi connectivity index (χ1v) is 28.6. The van der Waals surface area contributed by atoms with Crippen LogP contribution in [0.2, 0.25) is 0 Å². The van der Waals surface area contributed by atoms with E-state index in [0.717, 1.165) is 109 Å². The van der Waals surface area contributed by atoms with Gasteiger partial charge in [-0.1, -0.05) is 228 Å². The lowest BCUT2D eigenvalue weighted by Gasteiger charge is -2.18. The van der Waals surface area contributed by atoms with Crippen molar-refractivity contribution in [3.8, 4) is 0 Å². The zero-order chi connectivity index (χ0) is 49.3. The molecule has 0 rings (SSSR count). The average molecular weight is 948 g/mol. The highest BCUT2D eigenvalue weighted by atomic mass is 16.6. The van der Waals surface area contributed by atoms with E-state index >= 15 is 0 Å². The molecule has 0 aliphatic rings. The van der Waals surface area contributed by atoms with Gasteiger partial charge in [-0.25, -0.2) is 0 Å². The molecule has 0 aromatic carbocycles. The van der Waals surface area contributed by atoms with Gasteiger partial charge in [0, 0.05) is 19.3 Å². The Kier molecular flexibility index (Phi) is 53.4. The Bertz CT molecular complexity index is 1320. The van der Waals surface area contributed by atoms with Gasteiger partial charge in [0.1, 0.15) is 13.2 Å². The molecule has 0 spiro atoms. The van der Waals surface area contributed by atoms with E-state index in [1.807, 2.05) is 0 Å². The van der Waals surface area contributed by atoms with E-state index in [9.17, 15) is 14.4 Å². The molecule has 0 aromatic rings. The molecule has 6 nitrogen and oxygen atoms in total. The van der Waals surface area contributed by atoms with Crippen molar-refractivity contribution in [2.24, 2.45) is 0 Å². The van der Waals surface area contributed by atoms with Crippen LogP contribution in [0.15, 0.2) is 85.1 Å². The van der Waals surface area contributed by atoms with E-state index in [0.29, 0.717) is 19.3 Å². The molecule has 0 saturated heterocycles. The third kappa shape index (κ3) is 53.5. The van der Waals surface area contributed by atoms with Crippen molar-refractivity contribution in [1.82, 2.24) is 0 Å². The maximum Gasteiger partial charge on any atom is 0.306 e. The monoisotopic (exact) mass is 947 g/mol. The summed E-state index contributed by atoms with van der Waals surface area (Å²) in [6.45, 7) is 6.45. The molecule has 390 valence electrons. The van der Waals surface area contributed by atoms with Crippen LogP contribution in [0.5, 0.6) is 0 Å². The summed E-state index contributed by atoms with van der Waals surface area (Å²) in [7, 11) is 0. The van der Waals surface area contributed by atoms with Crippen molar-refractivity contribution < 1.29 is 28.6 Å². The standard InChI is InChI=1S/C62H106O6/c1-4-7-10-13-16-19-22-24-26-28-29-30-31-32-33-35-36-38-40-43-46-49-52-55-61(64)67-58-59(57-66-60(63)54-51-48-45-42-21-18-15-12-9-6-3)68-62(65)56-53-50-47-44-41-39-37-34-27-25-23-20-17-14-11-8-5-2/h7,10,12,15-16,19,24-27,29-30,32-33,59H,4-6,8-9,11,13-14,17-18,20-23,28,31,34-58H2,1-3H3/b10-7-,15-12-,19-16-,26-24-,27-25-,30-29-,33-32-. The number of carbonyl (C=O) groups is 3. The van der Waals surface area contributed by atoms with Crippen LogP contribution in [0.4, 0.5) is 0 Å². The van der Waals surface area contributed by atoms with Crippen molar-refractivity contribution in [3.63, 3.8) is 0 Å². The van der Waals surface area contributed by atoms with Gasteiger partial charge in [0.2, 0.25) is 0 Å². The maximum atomic E-state index is 12.8. The molecule has 0 radical (unpaired) electrons. The van der Waals surface area contributed by atoms with Crippen LogP contribution in [0.3, 0.4) is 0 Å². The first kappa shape index (κ1) is 64.6. The van der Waals surface area contributed by atoms with Crippen molar-refractivity contribution >= 4 is 17.9 Å². The zero-order valence-electron chi connectivity index (χ0n) is 44.6. The number of allylic oxidation sites excluding steroid dienone is 14. The van der Waals surface area contributed by atoms with Gasteiger partial charge in [0.15, 0.2) is 6.10 Å². The molecular formula is C62H106O6. The molecule has 0 amide bonds. The van der Waals surface area contributed by atoms with Crippen LogP contribution in [0, 0.1) is 0 Å². The number of rotatable bonds is 51. The van der Waals surface area contributed by atoms with Crippen LogP contribution < -0.4 is 0 Å². The quantitative estimate of drug-likeness (QED) is 0.0262. The number of hydrogen-bond acceptors (Lipinski definition) is 6. The van der Waals surface area contributed by atoms with Crippen molar-refractivity contribution in [2.45, 2.75) is 277 Å². The van der Waals surface area contributed by atoms with Gasteiger partial charge in [-0.05, 0) is 109 Å². The first-order chi connectivity index (χ1) is 33.5. The molecule has 68 heavy (non-hydrogen) atoms. The summed E-state index contributed by atoms with van der Waals surface area (Å²) < 4.78 is 16.8. The second-order valence-electron chi connectivity index (χ2n) is 18.8. The van der Waals surface area contributed by atoms with Gasteiger partial charge in [-0.2, -0.15) is 0 Å². The van der Waals surface area contributed by atoms with E-state index in [4.69, 9.17) is 14.2 Å². The number of hydrogen-bond donors (Lipinski definition) is 0. The third-order valence-electron chi connectivity index (χ3n) is 12.1. The fraction of sp³-hybridized carbons (Fsp3) is 0.726.